The molecule has 23 heavy (non-hydrogen) atoms. The number of ether oxygens (including phenoxy) is 1. The molecule has 4 rings (SSSR count). The van der Waals surface area contributed by atoms with Crippen LogP contribution < -0.4 is 11.1 Å². The van der Waals surface area contributed by atoms with Crippen LogP contribution in [0.4, 0.5) is 5.82 Å². The number of halogens is 1. The predicted molar refractivity (Wildman–Crippen MR) is 92.9 cm³/mol. The molecule has 122 valence electrons. The van der Waals surface area contributed by atoms with Crippen LogP contribution in [0.3, 0.4) is 0 Å². The van der Waals surface area contributed by atoms with Crippen molar-refractivity contribution < 1.29 is 4.74 Å². The fraction of sp³-hybridized carbons (Fsp3) is 0.500. The topological polar surface area (TPSA) is 78.0 Å². The first-order valence-electron chi connectivity index (χ1n) is 8.03. The van der Waals surface area contributed by atoms with Gasteiger partial charge in [0, 0.05) is 17.2 Å². The standard InChI is InChI=1S/C16H20BrN5O/c17-12-8-22(16-14(12)15(18)20-9-21-16)13-4-3-11(23-13)2-1-10-5-6-19-7-10/h1-2,8-11,13,19H,3-7H2,(H2,18,20,21)/b2-1+/t10-,11-,13+/m0/s1. The van der Waals surface area contributed by atoms with Gasteiger partial charge in [0.25, 0.3) is 0 Å². The molecule has 0 aromatic carbocycles. The zero-order valence-electron chi connectivity index (χ0n) is 12.8. The van der Waals surface area contributed by atoms with Crippen LogP contribution in [0.15, 0.2) is 29.1 Å². The average molecular weight is 378 g/mol. The molecule has 0 spiro atoms. The molecule has 3 N–H and O–H groups in total. The molecule has 2 aliphatic rings. The van der Waals surface area contributed by atoms with Gasteiger partial charge in [0.15, 0.2) is 0 Å². The zero-order valence-corrected chi connectivity index (χ0v) is 14.4. The molecule has 2 aromatic heterocycles. The lowest BCUT2D eigenvalue weighted by atomic mass is 10.1. The summed E-state index contributed by atoms with van der Waals surface area (Å²) in [6, 6.07) is 0. The third kappa shape index (κ3) is 2.88. The molecule has 7 heteroatoms. The molecule has 4 heterocycles. The molecule has 0 amide bonds. The minimum atomic E-state index is -0.00514. The van der Waals surface area contributed by atoms with Gasteiger partial charge < -0.3 is 20.4 Å². The summed E-state index contributed by atoms with van der Waals surface area (Å²) in [6.07, 6.45) is 11.4. The second-order valence-corrected chi connectivity index (χ2v) is 7.04. The lowest BCUT2D eigenvalue weighted by molar-refractivity contribution is 0.0260. The van der Waals surface area contributed by atoms with Gasteiger partial charge in [-0.2, -0.15) is 0 Å². The highest BCUT2D eigenvalue weighted by molar-refractivity contribution is 9.10. The molecular formula is C16H20BrN5O. The maximum absolute atomic E-state index is 6.20. The fourth-order valence-corrected chi connectivity index (χ4v) is 4.00. The van der Waals surface area contributed by atoms with E-state index in [-0.39, 0.29) is 12.3 Å². The first-order chi connectivity index (χ1) is 11.2. The molecule has 2 fully saturated rings. The largest absolute Gasteiger partial charge is 0.383 e. The highest BCUT2D eigenvalue weighted by atomic mass is 79.9. The van der Waals surface area contributed by atoms with Gasteiger partial charge in [-0.1, -0.05) is 12.2 Å². The number of aromatic nitrogens is 3. The lowest BCUT2D eigenvalue weighted by Gasteiger charge is -2.14. The first-order valence-corrected chi connectivity index (χ1v) is 8.82. The Bertz CT molecular complexity index is 737. The summed E-state index contributed by atoms with van der Waals surface area (Å²) < 4.78 is 9.17. The number of fused-ring (bicyclic) bond motifs is 1. The van der Waals surface area contributed by atoms with Crippen molar-refractivity contribution in [2.75, 3.05) is 18.8 Å². The number of nitrogens with one attached hydrogen (secondary N) is 1. The van der Waals surface area contributed by atoms with Gasteiger partial charge in [-0.3, -0.25) is 0 Å². The molecule has 2 aromatic rings. The Labute approximate surface area is 143 Å². The van der Waals surface area contributed by atoms with E-state index >= 15 is 0 Å². The number of hydrogen-bond acceptors (Lipinski definition) is 5. The molecule has 0 aliphatic carbocycles. The third-order valence-electron chi connectivity index (χ3n) is 4.63. The van der Waals surface area contributed by atoms with Gasteiger partial charge in [-0.05, 0) is 47.7 Å². The van der Waals surface area contributed by atoms with Crippen molar-refractivity contribution in [1.82, 2.24) is 19.9 Å². The Balaban J connectivity index is 1.52. The summed E-state index contributed by atoms with van der Waals surface area (Å²) in [6.45, 7) is 2.20. The molecule has 0 saturated carbocycles. The maximum atomic E-state index is 6.20. The number of nitrogens with two attached hydrogens (primary N) is 1. The van der Waals surface area contributed by atoms with E-state index in [0.29, 0.717) is 11.7 Å². The van der Waals surface area contributed by atoms with Crippen LogP contribution in [0.25, 0.3) is 11.0 Å². The normalized spacial score (nSPS) is 28.3. The summed E-state index contributed by atoms with van der Waals surface area (Å²) in [4.78, 5) is 8.44. The molecule has 0 radical (unpaired) electrons. The van der Waals surface area contributed by atoms with E-state index in [1.807, 2.05) is 6.20 Å². The van der Waals surface area contributed by atoms with Crippen molar-refractivity contribution in [3.8, 4) is 0 Å². The number of rotatable bonds is 3. The SMILES string of the molecule is Nc1ncnc2c1c(Br)cn2[C@H]1CC[C@H](/C=C/[C@H]2CCNC2)O1. The highest BCUT2D eigenvalue weighted by Gasteiger charge is 2.27. The van der Waals surface area contributed by atoms with Crippen LogP contribution in [0.1, 0.15) is 25.5 Å². The Kier molecular flexibility index (Phi) is 4.09. The molecular weight excluding hydrogens is 358 g/mol. The highest BCUT2D eigenvalue weighted by Crippen LogP contribution is 2.36. The minimum absolute atomic E-state index is 0.00514. The second kappa shape index (κ2) is 6.22. The Morgan fingerprint density at radius 1 is 1.30 bits per heavy atom. The van der Waals surface area contributed by atoms with Gasteiger partial charge >= 0.3 is 0 Å². The summed E-state index contributed by atoms with van der Waals surface area (Å²) >= 11 is 3.55. The van der Waals surface area contributed by atoms with Crippen LogP contribution in [0.2, 0.25) is 0 Å². The number of nitrogen functional groups attached to an aromatic ring is 1. The van der Waals surface area contributed by atoms with E-state index < -0.39 is 0 Å². The van der Waals surface area contributed by atoms with E-state index in [9.17, 15) is 0 Å². The van der Waals surface area contributed by atoms with Crippen molar-refractivity contribution in [2.45, 2.75) is 31.6 Å². The van der Waals surface area contributed by atoms with E-state index in [0.717, 1.165) is 41.4 Å². The van der Waals surface area contributed by atoms with Crippen molar-refractivity contribution in [3.05, 3.63) is 29.1 Å². The van der Waals surface area contributed by atoms with Crippen LogP contribution in [-0.2, 0) is 4.74 Å². The summed E-state index contributed by atoms with van der Waals surface area (Å²) in [5.74, 6) is 1.13. The van der Waals surface area contributed by atoms with Crippen LogP contribution in [-0.4, -0.2) is 33.7 Å². The number of nitrogens with zero attached hydrogens (tertiary/aromatic N) is 3. The molecule has 6 nitrogen and oxygen atoms in total. The van der Waals surface area contributed by atoms with Crippen LogP contribution >= 0.6 is 15.9 Å². The van der Waals surface area contributed by atoms with Crippen LogP contribution in [0.5, 0.6) is 0 Å². The predicted octanol–water partition coefficient (Wildman–Crippen LogP) is 2.62. The fourth-order valence-electron chi connectivity index (χ4n) is 3.39. The monoisotopic (exact) mass is 377 g/mol. The van der Waals surface area contributed by atoms with Crippen LogP contribution in [0, 0.1) is 5.92 Å². The molecule has 3 atom stereocenters. The van der Waals surface area contributed by atoms with E-state index in [4.69, 9.17) is 10.5 Å². The minimum Gasteiger partial charge on any atom is -0.383 e. The number of anilines is 1. The van der Waals surface area contributed by atoms with E-state index in [1.54, 1.807) is 0 Å². The number of hydrogen-bond donors (Lipinski definition) is 2. The summed E-state index contributed by atoms with van der Waals surface area (Å²) in [7, 11) is 0. The van der Waals surface area contributed by atoms with Gasteiger partial charge in [-0.15, -0.1) is 0 Å². The van der Waals surface area contributed by atoms with Gasteiger partial charge in [0.2, 0.25) is 0 Å². The Morgan fingerprint density at radius 2 is 2.22 bits per heavy atom. The molecule has 2 saturated heterocycles. The second-order valence-electron chi connectivity index (χ2n) is 6.19. The molecule has 2 aliphatic heterocycles. The van der Waals surface area contributed by atoms with Crippen molar-refractivity contribution in [1.29, 1.82) is 0 Å². The van der Waals surface area contributed by atoms with Gasteiger partial charge in [-0.25, -0.2) is 9.97 Å². The summed E-state index contributed by atoms with van der Waals surface area (Å²) in [5, 5.41) is 4.24. The Hall–Kier alpha value is -1.44. The van der Waals surface area contributed by atoms with Crippen molar-refractivity contribution in [2.24, 2.45) is 5.92 Å². The zero-order chi connectivity index (χ0) is 15.8. The van der Waals surface area contributed by atoms with E-state index in [1.165, 1.54) is 12.7 Å². The van der Waals surface area contributed by atoms with Gasteiger partial charge in [0.05, 0.1) is 11.5 Å². The Morgan fingerprint density at radius 3 is 3.04 bits per heavy atom. The molecule has 0 bridgehead atoms. The van der Waals surface area contributed by atoms with E-state index in [2.05, 4.69) is 47.9 Å². The third-order valence-corrected chi connectivity index (χ3v) is 5.23. The summed E-state index contributed by atoms with van der Waals surface area (Å²) in [5.41, 5.74) is 6.78. The lowest BCUT2D eigenvalue weighted by Crippen LogP contribution is -2.11. The first kappa shape index (κ1) is 15.1. The maximum Gasteiger partial charge on any atom is 0.148 e. The molecule has 0 unspecified atom stereocenters. The van der Waals surface area contributed by atoms with Gasteiger partial charge in [0.1, 0.15) is 24.0 Å². The smallest absolute Gasteiger partial charge is 0.148 e. The quantitative estimate of drug-likeness (QED) is 0.803. The van der Waals surface area contributed by atoms with Crippen molar-refractivity contribution >= 4 is 32.8 Å². The average Bonchev–Trinajstić information content (AvgIpc) is 3.25. The van der Waals surface area contributed by atoms with Crippen molar-refractivity contribution in [3.63, 3.8) is 0 Å².